The van der Waals surface area contributed by atoms with Crippen LogP contribution in [0.25, 0.3) is 0 Å². The number of primary amides is 1. The molecule has 0 saturated heterocycles. The molecule has 0 spiro atoms. The molecule has 0 atom stereocenters. The van der Waals surface area contributed by atoms with E-state index in [0.717, 1.165) is 5.80 Å². The van der Waals surface area contributed by atoms with Crippen LogP contribution in [-0.4, -0.2) is 11.7 Å². The molecule has 0 aliphatic rings. The zero-order chi connectivity index (χ0) is 4.99. The average molecular weight is 104 g/mol. The Morgan fingerprint density at radius 3 is 2.33 bits per heavy atom. The number of nitrogens with two attached hydrogens (primary N) is 1. The first-order valence-electron chi connectivity index (χ1n) is 1.22. The van der Waals surface area contributed by atoms with Crippen LogP contribution in [0.2, 0.25) is 0 Å². The Bertz CT molecular complexity index is 104. The van der Waals surface area contributed by atoms with Gasteiger partial charge in [-0.1, -0.05) is 0 Å². The number of amides is 1. The SMILES string of the molecule is NC(=O)C=[P+]=O. The van der Waals surface area contributed by atoms with E-state index in [1.54, 1.807) is 0 Å². The molecule has 0 radical (unpaired) electrons. The van der Waals surface area contributed by atoms with E-state index in [2.05, 4.69) is 5.73 Å². The van der Waals surface area contributed by atoms with Gasteiger partial charge in [-0.25, -0.2) is 0 Å². The van der Waals surface area contributed by atoms with Crippen molar-refractivity contribution in [3.63, 3.8) is 0 Å². The van der Waals surface area contributed by atoms with Crippen molar-refractivity contribution in [2.45, 2.75) is 0 Å². The van der Waals surface area contributed by atoms with Crippen molar-refractivity contribution in [3.05, 3.63) is 0 Å². The molecule has 0 fully saturated rings. The first kappa shape index (κ1) is 5.57. The van der Waals surface area contributed by atoms with Crippen molar-refractivity contribution in [1.82, 2.24) is 0 Å². The summed E-state index contributed by atoms with van der Waals surface area (Å²) < 4.78 is 9.36. The maximum atomic E-state index is 9.56. The third kappa shape index (κ3) is 3.57. The van der Waals surface area contributed by atoms with Gasteiger partial charge in [-0.05, 0) is 0 Å². The zero-order valence-electron chi connectivity index (χ0n) is 2.92. The van der Waals surface area contributed by atoms with Crippen LogP contribution in [0, 0.1) is 0 Å². The van der Waals surface area contributed by atoms with Crippen LogP contribution >= 0.6 is 8.08 Å². The molecule has 6 heavy (non-hydrogen) atoms. The van der Waals surface area contributed by atoms with Gasteiger partial charge in [0, 0.05) is 0 Å². The summed E-state index contributed by atoms with van der Waals surface area (Å²) in [5.74, 6) is 0.187. The van der Waals surface area contributed by atoms with Crippen LogP contribution in [0.4, 0.5) is 0 Å². The molecular weight excluding hydrogens is 101 g/mol. The van der Waals surface area contributed by atoms with Crippen LogP contribution in [0.1, 0.15) is 0 Å². The topological polar surface area (TPSA) is 60.2 Å². The first-order valence-corrected chi connectivity index (χ1v) is 2.10. The Labute approximate surface area is 36.0 Å². The minimum absolute atomic E-state index is 0.326. The Kier molecular flexibility index (Phi) is 2.59. The van der Waals surface area contributed by atoms with Gasteiger partial charge in [-0.3, -0.25) is 0 Å². The normalized spacial score (nSPS) is 6.67. The van der Waals surface area contributed by atoms with E-state index in [1.807, 2.05) is 0 Å². The minimum atomic E-state index is -0.660. The zero-order valence-corrected chi connectivity index (χ0v) is 3.81. The second-order valence-corrected chi connectivity index (χ2v) is 1.11. The summed E-state index contributed by atoms with van der Waals surface area (Å²) >= 11 is 0. The van der Waals surface area contributed by atoms with Gasteiger partial charge >= 0.3 is 34.9 Å². The van der Waals surface area contributed by atoms with Gasteiger partial charge in [-0.2, -0.15) is 0 Å². The molecule has 0 aromatic heterocycles. The third-order valence-corrected chi connectivity index (χ3v) is 0.540. The molecule has 0 rings (SSSR count). The molecule has 0 saturated carbocycles. The monoisotopic (exact) mass is 104 g/mol. The molecule has 0 aromatic carbocycles. The molecule has 0 aliphatic heterocycles. The molecular formula is C2H3NO2P+. The summed E-state index contributed by atoms with van der Waals surface area (Å²) in [7, 11) is -0.326. The second kappa shape index (κ2) is 2.79. The molecule has 0 bridgehead atoms. The van der Waals surface area contributed by atoms with E-state index in [4.69, 9.17) is 0 Å². The van der Waals surface area contributed by atoms with E-state index in [-0.39, 0.29) is 8.08 Å². The molecule has 32 valence electrons. The summed E-state index contributed by atoms with van der Waals surface area (Å²) in [4.78, 5) is 9.56. The molecule has 0 unspecified atom stereocenters. The van der Waals surface area contributed by atoms with Crippen LogP contribution in [-0.2, 0) is 9.36 Å². The van der Waals surface area contributed by atoms with Crippen molar-refractivity contribution >= 4 is 19.8 Å². The Morgan fingerprint density at radius 1 is 1.83 bits per heavy atom. The van der Waals surface area contributed by atoms with Crippen LogP contribution in [0.3, 0.4) is 0 Å². The Morgan fingerprint density at radius 2 is 2.33 bits per heavy atom. The van der Waals surface area contributed by atoms with E-state index in [0.29, 0.717) is 0 Å². The predicted octanol–water partition coefficient (Wildman–Crippen LogP) is -0.434. The van der Waals surface area contributed by atoms with Crippen molar-refractivity contribution in [3.8, 4) is 0 Å². The molecule has 2 N–H and O–H groups in total. The van der Waals surface area contributed by atoms with Crippen LogP contribution < -0.4 is 5.73 Å². The quantitative estimate of drug-likeness (QED) is 0.458. The van der Waals surface area contributed by atoms with Crippen LogP contribution in [0.15, 0.2) is 0 Å². The van der Waals surface area contributed by atoms with Crippen molar-refractivity contribution in [2.75, 3.05) is 0 Å². The van der Waals surface area contributed by atoms with Gasteiger partial charge in [0.2, 0.25) is 0 Å². The summed E-state index contributed by atoms with van der Waals surface area (Å²) in [6.07, 6.45) is 0. The van der Waals surface area contributed by atoms with Gasteiger partial charge in [0.05, 0.1) is 0 Å². The summed E-state index contributed by atoms with van der Waals surface area (Å²) in [5, 5.41) is 0. The molecule has 4 heteroatoms. The third-order valence-electron chi connectivity index (χ3n) is 0.180. The predicted molar refractivity (Wildman–Crippen MR) is 22.9 cm³/mol. The fourth-order valence-electron chi connectivity index (χ4n) is 0.0519. The molecule has 0 aliphatic carbocycles. The Hall–Kier alpha value is -0.430. The second-order valence-electron chi connectivity index (χ2n) is 0.637. The average Bonchev–Trinajstić information content (AvgIpc) is 1.35. The van der Waals surface area contributed by atoms with E-state index < -0.39 is 5.91 Å². The number of hydrogen-bond donors (Lipinski definition) is 1. The number of carbonyl (C=O) groups is 1. The molecule has 1 amide bonds. The van der Waals surface area contributed by atoms with E-state index in [9.17, 15) is 9.36 Å². The number of carbonyl (C=O) groups excluding carboxylic acids is 1. The molecule has 0 heterocycles. The summed E-state index contributed by atoms with van der Waals surface area (Å²) in [6, 6.07) is 0. The van der Waals surface area contributed by atoms with Gasteiger partial charge in [0.25, 0.3) is 0 Å². The molecule has 3 nitrogen and oxygen atoms in total. The van der Waals surface area contributed by atoms with Crippen molar-refractivity contribution < 1.29 is 9.36 Å². The fraction of sp³-hybridized carbons (Fsp3) is 0. The number of hydrogen-bond acceptors (Lipinski definition) is 2. The first-order chi connectivity index (χ1) is 2.77. The van der Waals surface area contributed by atoms with Crippen molar-refractivity contribution in [1.29, 1.82) is 0 Å². The summed E-state index contributed by atoms with van der Waals surface area (Å²) in [6.45, 7) is 0. The maximum absolute atomic E-state index is 9.56. The Balaban J connectivity index is 3.60. The van der Waals surface area contributed by atoms with Gasteiger partial charge in [0.1, 0.15) is 0 Å². The summed E-state index contributed by atoms with van der Waals surface area (Å²) in [5.41, 5.74) is 4.50. The number of rotatable bonds is 1. The standard InChI is InChI=1S/C2H2NO2P/c3-2(4)1-6-5/h1H,(H-,3,4)/p+1. The van der Waals surface area contributed by atoms with Gasteiger partial charge < -0.3 is 0 Å². The van der Waals surface area contributed by atoms with Crippen LogP contribution in [0.5, 0.6) is 0 Å². The van der Waals surface area contributed by atoms with E-state index >= 15 is 0 Å². The fourth-order valence-corrected chi connectivity index (χ4v) is 0.156. The van der Waals surface area contributed by atoms with Gasteiger partial charge in [-0.15, -0.1) is 0 Å². The molecule has 0 aromatic rings. The van der Waals surface area contributed by atoms with E-state index in [1.165, 1.54) is 0 Å². The van der Waals surface area contributed by atoms with Crippen molar-refractivity contribution in [2.24, 2.45) is 5.73 Å². The van der Waals surface area contributed by atoms with Gasteiger partial charge in [0.15, 0.2) is 0 Å².